The van der Waals surface area contributed by atoms with Crippen LogP contribution in [0.3, 0.4) is 0 Å². The van der Waals surface area contributed by atoms with Gasteiger partial charge in [0.15, 0.2) is 23.0 Å². The lowest BCUT2D eigenvalue weighted by atomic mass is 9.91. The molecule has 2 aromatic rings. The van der Waals surface area contributed by atoms with Gasteiger partial charge in [0.2, 0.25) is 12.5 Å². The van der Waals surface area contributed by atoms with E-state index in [1.165, 1.54) is 27.4 Å². The molecule has 174 valence electrons. The molecule has 9 nitrogen and oxygen atoms in total. The number of benzene rings is 2. The molecule has 0 bridgehead atoms. The molecule has 32 heavy (non-hydrogen) atoms. The summed E-state index contributed by atoms with van der Waals surface area (Å²) >= 11 is 0. The predicted molar refractivity (Wildman–Crippen MR) is 117 cm³/mol. The highest BCUT2D eigenvalue weighted by atomic mass is 16.7. The summed E-state index contributed by atoms with van der Waals surface area (Å²) in [5.74, 6) is 0.654. The van der Waals surface area contributed by atoms with Crippen molar-refractivity contribution in [2.45, 2.75) is 18.9 Å². The number of carboxylic acid groups (broad SMARTS) is 1. The Morgan fingerprint density at radius 2 is 1.84 bits per heavy atom. The third-order valence-electron chi connectivity index (χ3n) is 5.40. The summed E-state index contributed by atoms with van der Waals surface area (Å²) in [7, 11) is 8.26. The number of hydrogen-bond donors (Lipinski definition) is 2. The molecule has 1 unspecified atom stereocenters. The summed E-state index contributed by atoms with van der Waals surface area (Å²) in [6.07, 6.45) is -0.355. The maximum Gasteiger partial charge on any atom is 0.340 e. The lowest BCUT2D eigenvalue weighted by Gasteiger charge is -2.22. The number of likely N-dealkylation sites (N-methyl/N-ethyl adjacent to an activating group) is 1. The first-order valence-corrected chi connectivity index (χ1v) is 10.1. The smallest absolute Gasteiger partial charge is 0.340 e. The largest absolute Gasteiger partial charge is 0.493 e. The summed E-state index contributed by atoms with van der Waals surface area (Å²) in [6.45, 7) is 0.853. The van der Waals surface area contributed by atoms with Crippen molar-refractivity contribution in [1.82, 2.24) is 4.90 Å². The minimum Gasteiger partial charge on any atom is -0.493 e. The van der Waals surface area contributed by atoms with Crippen LogP contribution in [0.1, 0.15) is 33.2 Å². The zero-order chi connectivity index (χ0) is 23.4. The number of carboxylic acids is 1. The molecule has 3 rings (SSSR count). The van der Waals surface area contributed by atoms with Crippen LogP contribution >= 0.6 is 0 Å². The fourth-order valence-electron chi connectivity index (χ4n) is 3.85. The number of fused-ring (bicyclic) bond motifs is 1. The van der Waals surface area contributed by atoms with E-state index in [0.29, 0.717) is 23.7 Å². The molecule has 0 spiro atoms. The number of aliphatic hydroxyl groups is 1. The van der Waals surface area contributed by atoms with Gasteiger partial charge < -0.3 is 38.8 Å². The molecular formula is C23H29NO8. The average molecular weight is 447 g/mol. The molecule has 2 aromatic carbocycles. The molecule has 0 radical (unpaired) electrons. The molecule has 0 saturated carbocycles. The molecule has 0 fully saturated rings. The van der Waals surface area contributed by atoms with Gasteiger partial charge in [0.1, 0.15) is 5.56 Å². The number of aromatic carboxylic acids is 1. The van der Waals surface area contributed by atoms with Crippen molar-refractivity contribution in [2.24, 2.45) is 0 Å². The predicted octanol–water partition coefficient (Wildman–Crippen LogP) is 2.52. The SMILES string of the molecule is COc1ccc(C(O)Cc2c(CCN(C)C)cc3c(c2OC)OCO3)c(C(=O)O)c1OC. The van der Waals surface area contributed by atoms with Crippen molar-refractivity contribution in [1.29, 1.82) is 0 Å². The fraction of sp³-hybridized carbons (Fsp3) is 0.435. The molecule has 0 aromatic heterocycles. The van der Waals surface area contributed by atoms with Gasteiger partial charge >= 0.3 is 5.97 Å². The van der Waals surface area contributed by atoms with Crippen molar-refractivity contribution < 1.29 is 38.7 Å². The van der Waals surface area contributed by atoms with Crippen molar-refractivity contribution in [3.8, 4) is 28.7 Å². The first-order valence-electron chi connectivity index (χ1n) is 10.1. The van der Waals surface area contributed by atoms with Crippen LogP contribution in [-0.2, 0) is 12.8 Å². The number of methoxy groups -OCH3 is 3. The molecule has 1 aliphatic rings. The summed E-state index contributed by atoms with van der Waals surface area (Å²) in [5, 5.41) is 21.0. The number of nitrogens with zero attached hydrogens (tertiary/aromatic N) is 1. The van der Waals surface area contributed by atoms with Crippen molar-refractivity contribution in [3.63, 3.8) is 0 Å². The van der Waals surface area contributed by atoms with E-state index in [-0.39, 0.29) is 35.8 Å². The van der Waals surface area contributed by atoms with Crippen LogP contribution in [0.2, 0.25) is 0 Å². The Labute approximate surface area is 187 Å². The number of hydrogen-bond acceptors (Lipinski definition) is 8. The standard InChI is InChI=1S/C23H29NO8/c1-24(2)9-8-13-10-18-22(32-12-31-18)20(29-4)15(13)11-16(25)14-6-7-17(28-3)21(30-5)19(14)23(26)27/h6-7,10,16,25H,8-9,11-12H2,1-5H3,(H,26,27). The van der Waals surface area contributed by atoms with Gasteiger partial charge in [-0.15, -0.1) is 0 Å². The first kappa shape index (κ1) is 23.5. The second-order valence-corrected chi connectivity index (χ2v) is 7.62. The van der Waals surface area contributed by atoms with Gasteiger partial charge in [-0.2, -0.15) is 0 Å². The fourth-order valence-corrected chi connectivity index (χ4v) is 3.85. The van der Waals surface area contributed by atoms with Crippen molar-refractivity contribution in [2.75, 3.05) is 48.8 Å². The monoisotopic (exact) mass is 447 g/mol. The minimum absolute atomic E-state index is 0.0574. The Balaban J connectivity index is 2.07. The third-order valence-corrected chi connectivity index (χ3v) is 5.40. The third kappa shape index (κ3) is 4.53. The zero-order valence-electron chi connectivity index (χ0n) is 18.9. The van der Waals surface area contributed by atoms with Gasteiger partial charge in [0.05, 0.1) is 27.4 Å². The number of rotatable bonds is 10. The van der Waals surface area contributed by atoms with E-state index in [1.807, 2.05) is 25.1 Å². The molecule has 1 heterocycles. The summed E-state index contributed by atoms with van der Waals surface area (Å²) < 4.78 is 27.3. The number of aliphatic hydroxyl groups excluding tert-OH is 1. The molecular weight excluding hydrogens is 418 g/mol. The molecule has 2 N–H and O–H groups in total. The summed E-state index contributed by atoms with van der Waals surface area (Å²) in [4.78, 5) is 14.1. The van der Waals surface area contributed by atoms with E-state index in [1.54, 1.807) is 6.07 Å². The van der Waals surface area contributed by atoms with Crippen LogP contribution in [0.25, 0.3) is 0 Å². The van der Waals surface area contributed by atoms with Crippen LogP contribution in [0.5, 0.6) is 28.7 Å². The van der Waals surface area contributed by atoms with Crippen molar-refractivity contribution >= 4 is 5.97 Å². The van der Waals surface area contributed by atoms with E-state index in [2.05, 4.69) is 0 Å². The average Bonchev–Trinajstić information content (AvgIpc) is 3.24. The van der Waals surface area contributed by atoms with E-state index >= 15 is 0 Å². The Hall–Kier alpha value is -3.17. The first-order chi connectivity index (χ1) is 15.3. The zero-order valence-corrected chi connectivity index (χ0v) is 18.9. The second kappa shape index (κ2) is 9.97. The van der Waals surface area contributed by atoms with Gasteiger partial charge in [-0.1, -0.05) is 6.07 Å². The number of ether oxygens (including phenoxy) is 5. The van der Waals surface area contributed by atoms with Crippen LogP contribution in [0.4, 0.5) is 0 Å². The van der Waals surface area contributed by atoms with Gasteiger partial charge in [0.25, 0.3) is 0 Å². The Bertz CT molecular complexity index is 989. The Morgan fingerprint density at radius 1 is 1.12 bits per heavy atom. The normalized spacial score (nSPS) is 13.2. The molecule has 1 aliphatic heterocycles. The van der Waals surface area contributed by atoms with Gasteiger partial charge in [-0.05, 0) is 43.8 Å². The highest BCUT2D eigenvalue weighted by Crippen LogP contribution is 2.47. The van der Waals surface area contributed by atoms with Crippen LogP contribution in [0, 0.1) is 0 Å². The van der Waals surface area contributed by atoms with Gasteiger partial charge in [-0.3, -0.25) is 0 Å². The van der Waals surface area contributed by atoms with Crippen molar-refractivity contribution in [3.05, 3.63) is 40.5 Å². The topological polar surface area (TPSA) is 107 Å². The number of carbonyl (C=O) groups is 1. The maximum atomic E-state index is 12.0. The Kier molecular flexibility index (Phi) is 7.32. The lowest BCUT2D eigenvalue weighted by Crippen LogP contribution is -2.17. The highest BCUT2D eigenvalue weighted by molar-refractivity contribution is 5.94. The molecule has 0 amide bonds. The van der Waals surface area contributed by atoms with E-state index in [4.69, 9.17) is 23.7 Å². The van der Waals surface area contributed by atoms with Gasteiger partial charge in [-0.25, -0.2) is 4.79 Å². The highest BCUT2D eigenvalue weighted by Gasteiger charge is 2.29. The molecule has 1 atom stereocenters. The van der Waals surface area contributed by atoms with E-state index < -0.39 is 12.1 Å². The van der Waals surface area contributed by atoms with Crippen LogP contribution in [0.15, 0.2) is 18.2 Å². The lowest BCUT2D eigenvalue weighted by molar-refractivity contribution is 0.0684. The van der Waals surface area contributed by atoms with E-state index in [9.17, 15) is 15.0 Å². The van der Waals surface area contributed by atoms with Gasteiger partial charge in [0, 0.05) is 18.5 Å². The molecule has 0 saturated heterocycles. The molecule has 9 heteroatoms. The van der Waals surface area contributed by atoms with Crippen LogP contribution < -0.4 is 23.7 Å². The Morgan fingerprint density at radius 3 is 2.44 bits per heavy atom. The summed E-state index contributed by atoms with van der Waals surface area (Å²) in [6, 6.07) is 5.01. The quantitative estimate of drug-likeness (QED) is 0.568. The van der Waals surface area contributed by atoms with Crippen LogP contribution in [-0.4, -0.2) is 69.8 Å². The summed E-state index contributed by atoms with van der Waals surface area (Å²) in [5.41, 5.74) is 1.73. The second-order valence-electron chi connectivity index (χ2n) is 7.62. The van der Waals surface area contributed by atoms with E-state index in [0.717, 1.165) is 17.7 Å². The minimum atomic E-state index is -1.22. The maximum absolute atomic E-state index is 12.0. The molecule has 0 aliphatic carbocycles.